The molecule has 218 valence electrons. The molecule has 0 amide bonds. The first kappa shape index (κ1) is 27.6. The molecule has 0 unspecified atom stereocenters. The Morgan fingerprint density at radius 3 is 2.60 bits per heavy atom. The number of nitrogens with zero attached hydrogens (tertiary/aromatic N) is 3. The van der Waals surface area contributed by atoms with E-state index in [1.807, 2.05) is 0 Å². The van der Waals surface area contributed by atoms with E-state index in [0.717, 1.165) is 32.3 Å². The molecular formula is C28H36ClFN4O6. The van der Waals surface area contributed by atoms with Crippen LogP contribution in [0.25, 0.3) is 0 Å². The minimum atomic E-state index is -0.365. The normalized spacial score (nSPS) is 26.4. The smallest absolute Gasteiger partial charge is 0.287 e. The monoisotopic (exact) mass is 578 g/mol. The molecule has 0 bridgehead atoms. The number of rotatable bonds is 8. The molecule has 1 N–H and O–H groups in total. The zero-order valence-electron chi connectivity index (χ0n) is 22.5. The Labute approximate surface area is 237 Å². The Morgan fingerprint density at radius 2 is 1.85 bits per heavy atom. The van der Waals surface area contributed by atoms with Crippen molar-refractivity contribution in [2.24, 2.45) is 5.92 Å². The summed E-state index contributed by atoms with van der Waals surface area (Å²) in [5, 5.41) is 7.93. The topological polar surface area (TPSA) is 96.3 Å². The molecule has 4 aliphatic rings. The summed E-state index contributed by atoms with van der Waals surface area (Å²) in [5.74, 6) is 0.974. The Bertz CT molecular complexity index is 1230. The van der Waals surface area contributed by atoms with Crippen LogP contribution in [-0.4, -0.2) is 74.8 Å². The maximum Gasteiger partial charge on any atom is 0.287 e. The average Bonchev–Trinajstić information content (AvgIpc) is 3.45. The Balaban J connectivity index is 1.14. The molecule has 1 aromatic carbocycles. The fraction of sp³-hybridized carbons (Fsp3) is 0.643. The summed E-state index contributed by atoms with van der Waals surface area (Å²) < 4.78 is 44.8. The van der Waals surface area contributed by atoms with Gasteiger partial charge < -0.3 is 33.9 Å². The molecule has 2 saturated heterocycles. The van der Waals surface area contributed by atoms with Crippen molar-refractivity contribution in [3.8, 4) is 11.5 Å². The number of nitrogens with one attached hydrogen (secondary N) is 1. The number of aromatic nitrogens is 2. The summed E-state index contributed by atoms with van der Waals surface area (Å²) >= 11 is 6.50. The second-order valence-electron chi connectivity index (χ2n) is 10.9. The summed E-state index contributed by atoms with van der Waals surface area (Å²) in [6.45, 7) is 4.33. The Hall–Kier alpha value is -2.60. The minimum absolute atomic E-state index is 0.0430. The predicted molar refractivity (Wildman–Crippen MR) is 147 cm³/mol. The molecule has 1 aromatic heterocycles. The molecule has 2 aromatic rings. The van der Waals surface area contributed by atoms with Crippen molar-refractivity contribution in [2.75, 3.05) is 63.1 Å². The number of ether oxygens (including phenoxy) is 5. The fourth-order valence-corrected chi connectivity index (χ4v) is 6.30. The quantitative estimate of drug-likeness (QED) is 0.498. The number of halogens is 2. The van der Waals surface area contributed by atoms with Gasteiger partial charge in [-0.25, -0.2) is 9.07 Å². The zero-order chi connectivity index (χ0) is 27.5. The molecule has 4 heterocycles. The molecule has 40 heavy (non-hydrogen) atoms. The maximum absolute atomic E-state index is 15.3. The van der Waals surface area contributed by atoms with Crippen LogP contribution in [0.3, 0.4) is 0 Å². The molecule has 6 rings (SSSR count). The molecule has 12 heteroatoms. The average molecular weight is 579 g/mol. The third-order valence-corrected chi connectivity index (χ3v) is 8.63. The van der Waals surface area contributed by atoms with Crippen molar-refractivity contribution in [3.05, 3.63) is 39.5 Å². The molecule has 3 aliphatic heterocycles. The highest BCUT2D eigenvalue weighted by atomic mass is 35.5. The first-order valence-electron chi connectivity index (χ1n) is 14.2. The second-order valence-corrected chi connectivity index (χ2v) is 11.3. The van der Waals surface area contributed by atoms with Gasteiger partial charge in [0.25, 0.3) is 5.56 Å². The van der Waals surface area contributed by atoms with E-state index in [2.05, 4.69) is 15.3 Å². The Morgan fingerprint density at radius 1 is 1.05 bits per heavy atom. The highest BCUT2D eigenvalue weighted by molar-refractivity contribution is 6.32. The third kappa shape index (κ3) is 6.02. The van der Waals surface area contributed by atoms with Gasteiger partial charge in [0.1, 0.15) is 10.8 Å². The van der Waals surface area contributed by atoms with Crippen LogP contribution in [0.15, 0.2) is 23.1 Å². The lowest BCUT2D eigenvalue weighted by atomic mass is 9.89. The van der Waals surface area contributed by atoms with E-state index in [1.54, 1.807) is 12.3 Å². The fourth-order valence-electron chi connectivity index (χ4n) is 6.10. The van der Waals surface area contributed by atoms with Gasteiger partial charge in [0.15, 0.2) is 11.5 Å². The van der Waals surface area contributed by atoms with Gasteiger partial charge in [-0.2, -0.15) is 5.10 Å². The van der Waals surface area contributed by atoms with Crippen LogP contribution in [0, 0.1) is 11.7 Å². The summed E-state index contributed by atoms with van der Waals surface area (Å²) in [6.07, 6.45) is 6.54. The highest BCUT2D eigenvalue weighted by Gasteiger charge is 2.33. The number of hydrogen-bond acceptors (Lipinski definition) is 9. The van der Waals surface area contributed by atoms with Crippen LogP contribution in [-0.2, 0) is 14.2 Å². The van der Waals surface area contributed by atoms with Crippen LogP contribution in [0.2, 0.25) is 5.02 Å². The number of benzene rings is 1. The van der Waals surface area contributed by atoms with E-state index >= 15 is 4.39 Å². The van der Waals surface area contributed by atoms with Crippen molar-refractivity contribution in [2.45, 2.75) is 56.7 Å². The second kappa shape index (κ2) is 12.5. The van der Waals surface area contributed by atoms with Gasteiger partial charge in [-0.15, -0.1) is 0 Å². The summed E-state index contributed by atoms with van der Waals surface area (Å²) in [7, 11) is 0. The molecular weight excluding hydrogens is 543 g/mol. The molecule has 2 atom stereocenters. The summed E-state index contributed by atoms with van der Waals surface area (Å²) in [5.41, 5.74) is 0.724. The maximum atomic E-state index is 15.3. The minimum Gasteiger partial charge on any atom is -0.454 e. The van der Waals surface area contributed by atoms with E-state index in [0.29, 0.717) is 81.2 Å². The Kier molecular flexibility index (Phi) is 8.62. The standard InChI is InChI=1S/C28H36ClFN4O6/c29-27-23(31-12-18-2-1-7-36-15-18)13-32-34(28(27)35)20-5-3-19(4-6-20)33(14-21-16-37-8-9-38-21)24-11-26-25(10-22(24)30)39-17-40-26/h10-11,13,18-21,31H,1-9,12,14-17H2/t18-,19?,20?,21+/m0/s1. The van der Waals surface area contributed by atoms with E-state index in [-0.39, 0.29) is 41.4 Å². The number of fused-ring (bicyclic) bond motifs is 1. The molecule has 1 aliphatic carbocycles. The van der Waals surface area contributed by atoms with Gasteiger partial charge in [-0.1, -0.05) is 11.6 Å². The van der Waals surface area contributed by atoms with Crippen molar-refractivity contribution in [3.63, 3.8) is 0 Å². The van der Waals surface area contributed by atoms with Crippen molar-refractivity contribution >= 4 is 23.0 Å². The lowest BCUT2D eigenvalue weighted by molar-refractivity contribution is -0.0847. The van der Waals surface area contributed by atoms with E-state index in [9.17, 15) is 4.79 Å². The van der Waals surface area contributed by atoms with Crippen molar-refractivity contribution in [1.29, 1.82) is 0 Å². The van der Waals surface area contributed by atoms with Crippen LogP contribution in [0.5, 0.6) is 11.5 Å². The van der Waals surface area contributed by atoms with Crippen molar-refractivity contribution in [1.82, 2.24) is 9.78 Å². The third-order valence-electron chi connectivity index (χ3n) is 8.27. The van der Waals surface area contributed by atoms with Gasteiger partial charge in [0.2, 0.25) is 6.79 Å². The molecule has 3 fully saturated rings. The van der Waals surface area contributed by atoms with Crippen LogP contribution >= 0.6 is 11.6 Å². The molecule has 0 spiro atoms. The van der Waals surface area contributed by atoms with Gasteiger partial charge >= 0.3 is 0 Å². The highest BCUT2D eigenvalue weighted by Crippen LogP contribution is 2.40. The van der Waals surface area contributed by atoms with E-state index in [4.69, 9.17) is 35.3 Å². The van der Waals surface area contributed by atoms with E-state index < -0.39 is 0 Å². The summed E-state index contributed by atoms with van der Waals surface area (Å²) in [6, 6.07) is 3.06. The number of anilines is 2. The largest absolute Gasteiger partial charge is 0.454 e. The van der Waals surface area contributed by atoms with E-state index in [1.165, 1.54) is 10.7 Å². The van der Waals surface area contributed by atoms with Crippen molar-refractivity contribution < 1.29 is 28.1 Å². The van der Waals surface area contributed by atoms with Crippen LogP contribution in [0.4, 0.5) is 15.8 Å². The molecule has 10 nitrogen and oxygen atoms in total. The van der Waals surface area contributed by atoms with Gasteiger partial charge in [0.05, 0.1) is 56.1 Å². The lowest BCUT2D eigenvalue weighted by Crippen LogP contribution is -2.47. The van der Waals surface area contributed by atoms with Crippen LogP contribution < -0.4 is 25.2 Å². The first-order chi connectivity index (χ1) is 19.6. The zero-order valence-corrected chi connectivity index (χ0v) is 23.2. The first-order valence-corrected chi connectivity index (χ1v) is 14.6. The lowest BCUT2D eigenvalue weighted by Gasteiger charge is -2.40. The molecule has 1 saturated carbocycles. The predicted octanol–water partition coefficient (Wildman–Crippen LogP) is 4.01. The summed E-state index contributed by atoms with van der Waals surface area (Å²) in [4.78, 5) is 15.2. The van der Waals surface area contributed by atoms with Gasteiger partial charge in [0, 0.05) is 37.9 Å². The van der Waals surface area contributed by atoms with Gasteiger partial charge in [-0.3, -0.25) is 4.79 Å². The molecule has 0 radical (unpaired) electrons. The SMILES string of the molecule is O=c1c(Cl)c(NC[C@@H]2CCCOC2)cnn1C1CCC(N(C[C@@H]2COCCO2)c2cc3c(cc2F)OCO3)CC1. The van der Waals surface area contributed by atoms with Gasteiger partial charge in [-0.05, 0) is 44.4 Å². The van der Waals surface area contributed by atoms with Crippen LogP contribution in [0.1, 0.15) is 44.6 Å². The number of hydrogen-bond donors (Lipinski definition) is 1.